The van der Waals surface area contributed by atoms with Crippen molar-refractivity contribution in [3.8, 4) is 0 Å². The van der Waals surface area contributed by atoms with Gasteiger partial charge in [0, 0.05) is 26.2 Å². The molecule has 0 spiro atoms. The van der Waals surface area contributed by atoms with Crippen LogP contribution in [0.4, 0.5) is 14.1 Å². The van der Waals surface area contributed by atoms with E-state index in [4.69, 9.17) is 0 Å². The van der Waals surface area contributed by atoms with Crippen LogP contribution in [-0.2, 0) is 26.2 Å². The van der Waals surface area contributed by atoms with E-state index in [0.717, 1.165) is 0 Å². The second-order valence-corrected chi connectivity index (χ2v) is 3.62. The zero-order valence-electron chi connectivity index (χ0n) is 9.22. The first-order chi connectivity index (χ1) is 4.45. The molecular formula is C10H18F3Zr-. The molecule has 0 aliphatic heterocycles. The van der Waals surface area contributed by atoms with E-state index < -0.39 is 0 Å². The van der Waals surface area contributed by atoms with Crippen molar-refractivity contribution < 1.29 is 40.3 Å². The molecule has 0 unspecified atom stereocenters. The van der Waals surface area contributed by atoms with Crippen LogP contribution in [-0.4, -0.2) is 0 Å². The summed E-state index contributed by atoms with van der Waals surface area (Å²) in [6.45, 7) is 10.9. The maximum atomic E-state index is 3.44. The summed E-state index contributed by atoms with van der Waals surface area (Å²) in [5.41, 5.74) is 4.39. The van der Waals surface area contributed by atoms with Gasteiger partial charge < -0.3 is 0 Å². The third-order valence-electron chi connectivity index (χ3n) is 2.56. The Morgan fingerprint density at radius 3 is 1.36 bits per heavy atom. The SMILES string of the molecule is CC1=[C-]C(C)(C)C(C)=C1C.F.F.F.[Zr]. The Morgan fingerprint density at radius 1 is 0.929 bits per heavy atom. The number of allylic oxidation sites excluding steroid dienone is 4. The van der Waals surface area contributed by atoms with Gasteiger partial charge in [-0.2, -0.15) is 11.1 Å². The average molecular weight is 286 g/mol. The molecular weight excluding hydrogens is 268 g/mol. The monoisotopic (exact) mass is 285 g/mol. The van der Waals surface area contributed by atoms with Crippen LogP contribution in [0.5, 0.6) is 0 Å². The van der Waals surface area contributed by atoms with E-state index in [1.54, 1.807) is 0 Å². The molecule has 0 fully saturated rings. The fraction of sp³-hybridized carbons (Fsp3) is 0.600. The van der Waals surface area contributed by atoms with Gasteiger partial charge in [0.05, 0.1) is 0 Å². The van der Waals surface area contributed by atoms with Gasteiger partial charge in [0.25, 0.3) is 0 Å². The van der Waals surface area contributed by atoms with Crippen LogP contribution in [0, 0.1) is 11.5 Å². The largest absolute Gasteiger partial charge is 0.269 e. The Balaban J connectivity index is -0.000000125. The maximum Gasteiger partial charge on any atom is 0 e. The fourth-order valence-electron chi connectivity index (χ4n) is 1.41. The molecule has 0 saturated heterocycles. The molecule has 1 rings (SSSR count). The summed E-state index contributed by atoms with van der Waals surface area (Å²) in [5.74, 6) is 0. The van der Waals surface area contributed by atoms with Crippen molar-refractivity contribution in [2.45, 2.75) is 34.6 Å². The van der Waals surface area contributed by atoms with E-state index in [2.05, 4.69) is 40.7 Å². The quantitative estimate of drug-likeness (QED) is 0.597. The Morgan fingerprint density at radius 2 is 1.29 bits per heavy atom. The first-order valence-electron chi connectivity index (χ1n) is 3.75. The minimum atomic E-state index is 0. The Bertz CT molecular complexity index is 230. The van der Waals surface area contributed by atoms with Crippen LogP contribution < -0.4 is 0 Å². The van der Waals surface area contributed by atoms with Crippen LogP contribution in [0.2, 0.25) is 0 Å². The normalized spacial score (nSPS) is 16.8. The standard InChI is InChI=1S/C10H15.3FH.Zr/c1-7-6-10(4,5)9(3)8(7)2;;;;/h1-5H3;3*1H;/q-1;;;;. The summed E-state index contributed by atoms with van der Waals surface area (Å²) in [6, 6.07) is 0. The van der Waals surface area contributed by atoms with Gasteiger partial charge in [-0.25, -0.2) is 5.57 Å². The molecule has 0 aromatic rings. The predicted molar refractivity (Wildman–Crippen MR) is 52.1 cm³/mol. The van der Waals surface area contributed by atoms with E-state index in [1.165, 1.54) is 16.7 Å². The van der Waals surface area contributed by atoms with Crippen molar-refractivity contribution in [1.82, 2.24) is 0 Å². The van der Waals surface area contributed by atoms with Crippen molar-refractivity contribution >= 4 is 0 Å². The molecule has 0 heterocycles. The summed E-state index contributed by atoms with van der Waals surface area (Å²) in [5, 5.41) is 0. The smallest absolute Gasteiger partial charge is 0 e. The summed E-state index contributed by atoms with van der Waals surface area (Å²) in [6.07, 6.45) is 3.44. The molecule has 0 aromatic carbocycles. The number of halogens is 3. The number of hydrogen-bond acceptors (Lipinski definition) is 0. The Kier molecular flexibility index (Phi) is 12.6. The second kappa shape index (κ2) is 7.45. The molecule has 1 aliphatic rings. The van der Waals surface area contributed by atoms with Crippen LogP contribution in [0.15, 0.2) is 16.7 Å². The Labute approximate surface area is 103 Å². The van der Waals surface area contributed by atoms with Crippen molar-refractivity contribution in [3.63, 3.8) is 0 Å². The van der Waals surface area contributed by atoms with E-state index in [9.17, 15) is 0 Å². The predicted octanol–water partition coefficient (Wildman–Crippen LogP) is 3.57. The summed E-state index contributed by atoms with van der Waals surface area (Å²) >= 11 is 0. The van der Waals surface area contributed by atoms with Crippen LogP contribution >= 0.6 is 0 Å². The summed E-state index contributed by atoms with van der Waals surface area (Å²) in [7, 11) is 0. The molecule has 0 nitrogen and oxygen atoms in total. The summed E-state index contributed by atoms with van der Waals surface area (Å²) in [4.78, 5) is 0. The molecule has 84 valence electrons. The first kappa shape index (κ1) is 23.8. The molecule has 0 radical (unpaired) electrons. The minimum Gasteiger partial charge on any atom is -0.269 e. The number of rotatable bonds is 0. The van der Waals surface area contributed by atoms with Gasteiger partial charge in [0.1, 0.15) is 0 Å². The van der Waals surface area contributed by atoms with E-state index in [-0.39, 0.29) is 45.7 Å². The van der Waals surface area contributed by atoms with Crippen molar-refractivity contribution in [3.05, 3.63) is 22.8 Å². The molecule has 0 aromatic heterocycles. The third kappa shape index (κ3) is 4.12. The van der Waals surface area contributed by atoms with E-state index >= 15 is 0 Å². The fourth-order valence-corrected chi connectivity index (χ4v) is 1.41. The number of hydrogen-bond donors (Lipinski definition) is 0. The molecule has 4 heteroatoms. The molecule has 0 N–H and O–H groups in total. The first-order valence-corrected chi connectivity index (χ1v) is 3.75. The third-order valence-corrected chi connectivity index (χ3v) is 2.56. The van der Waals surface area contributed by atoms with Crippen LogP contribution in [0.3, 0.4) is 0 Å². The molecule has 0 amide bonds. The maximum absolute atomic E-state index is 3.44. The molecule has 0 atom stereocenters. The van der Waals surface area contributed by atoms with Gasteiger partial charge in [-0.05, 0) is 0 Å². The minimum absolute atomic E-state index is 0. The van der Waals surface area contributed by atoms with Gasteiger partial charge in [0.2, 0.25) is 0 Å². The van der Waals surface area contributed by atoms with E-state index in [0.29, 0.717) is 0 Å². The molecule has 14 heavy (non-hydrogen) atoms. The average Bonchev–Trinajstić information content (AvgIpc) is 1.95. The summed E-state index contributed by atoms with van der Waals surface area (Å²) < 4.78 is 0. The van der Waals surface area contributed by atoms with Crippen LogP contribution in [0.25, 0.3) is 0 Å². The van der Waals surface area contributed by atoms with Gasteiger partial charge in [-0.1, -0.05) is 33.1 Å². The van der Waals surface area contributed by atoms with Gasteiger partial charge in [0.15, 0.2) is 0 Å². The zero-order chi connectivity index (χ0) is 7.94. The second-order valence-electron chi connectivity index (χ2n) is 3.62. The Hall–Kier alpha value is 0.153. The van der Waals surface area contributed by atoms with Crippen LogP contribution in [0.1, 0.15) is 34.6 Å². The van der Waals surface area contributed by atoms with E-state index in [1.807, 2.05) is 0 Å². The van der Waals surface area contributed by atoms with Crippen molar-refractivity contribution in [2.75, 3.05) is 0 Å². The van der Waals surface area contributed by atoms with Crippen molar-refractivity contribution in [1.29, 1.82) is 0 Å². The zero-order valence-corrected chi connectivity index (χ0v) is 11.7. The molecule has 0 saturated carbocycles. The van der Waals surface area contributed by atoms with Crippen molar-refractivity contribution in [2.24, 2.45) is 5.41 Å². The topological polar surface area (TPSA) is 0 Å². The van der Waals surface area contributed by atoms with Gasteiger partial charge >= 0.3 is 0 Å². The van der Waals surface area contributed by atoms with Gasteiger partial charge in [-0.15, -0.1) is 6.92 Å². The molecule has 1 aliphatic carbocycles. The molecule has 0 bridgehead atoms. The van der Waals surface area contributed by atoms with Gasteiger partial charge in [-0.3, -0.25) is 20.2 Å².